The molecule has 11 heteroatoms. The molecule has 2 saturated heterocycles. The van der Waals surface area contributed by atoms with E-state index in [9.17, 15) is 18.0 Å². The minimum atomic E-state index is -4.51. The Morgan fingerprint density at radius 2 is 1.56 bits per heavy atom. The van der Waals surface area contributed by atoms with E-state index in [1.807, 2.05) is 30.6 Å². The summed E-state index contributed by atoms with van der Waals surface area (Å²) in [6.45, 7) is 17.1. The first-order valence-electron chi connectivity index (χ1n) is 14.6. The molecule has 226 valence electrons. The van der Waals surface area contributed by atoms with Crippen molar-refractivity contribution in [2.24, 2.45) is 0 Å². The minimum absolute atomic E-state index is 0.00284. The lowest BCUT2D eigenvalue weighted by Crippen LogP contribution is -2.52. The van der Waals surface area contributed by atoms with Gasteiger partial charge in [0.2, 0.25) is 0 Å². The van der Waals surface area contributed by atoms with Crippen molar-refractivity contribution in [1.82, 2.24) is 25.1 Å². The molecule has 1 aromatic heterocycles. The number of halogens is 3. The number of benzene rings is 1. The maximum absolute atomic E-state index is 13.5. The molecule has 0 atom stereocenters. The molecular formula is C30H44F3N7O. The van der Waals surface area contributed by atoms with Crippen LogP contribution in [0.3, 0.4) is 0 Å². The van der Waals surface area contributed by atoms with Crippen LogP contribution in [0.25, 0.3) is 0 Å². The van der Waals surface area contributed by atoms with Crippen molar-refractivity contribution in [1.29, 1.82) is 0 Å². The Morgan fingerprint density at radius 1 is 0.902 bits per heavy atom. The van der Waals surface area contributed by atoms with Crippen LogP contribution < -0.4 is 15.1 Å². The van der Waals surface area contributed by atoms with Crippen LogP contribution in [0.15, 0.2) is 24.3 Å². The van der Waals surface area contributed by atoms with Gasteiger partial charge in [0.05, 0.1) is 0 Å². The molecule has 1 N–H and O–H groups in total. The van der Waals surface area contributed by atoms with Crippen LogP contribution in [-0.2, 0) is 11.6 Å². The molecular weight excluding hydrogens is 531 g/mol. The zero-order valence-electron chi connectivity index (χ0n) is 25.0. The van der Waals surface area contributed by atoms with Crippen molar-refractivity contribution in [2.45, 2.75) is 59.1 Å². The normalized spacial score (nSPS) is 17.2. The largest absolute Gasteiger partial charge is 0.433 e. The van der Waals surface area contributed by atoms with Crippen molar-refractivity contribution in [2.75, 3.05) is 75.2 Å². The maximum Gasteiger partial charge on any atom is 0.433 e. The molecule has 2 aromatic rings. The van der Waals surface area contributed by atoms with E-state index in [2.05, 4.69) is 57.1 Å². The van der Waals surface area contributed by atoms with Gasteiger partial charge in [-0.25, -0.2) is 14.8 Å². The van der Waals surface area contributed by atoms with E-state index < -0.39 is 17.3 Å². The van der Waals surface area contributed by atoms with E-state index in [0.29, 0.717) is 38.5 Å². The summed E-state index contributed by atoms with van der Waals surface area (Å²) in [7, 11) is 0. The average Bonchev–Trinajstić information content (AvgIpc) is 2.93. The molecule has 3 heterocycles. The van der Waals surface area contributed by atoms with E-state index in [1.54, 1.807) is 0 Å². The monoisotopic (exact) mass is 575 g/mol. The second-order valence-electron chi connectivity index (χ2n) is 12.1. The van der Waals surface area contributed by atoms with Gasteiger partial charge in [-0.05, 0) is 50.4 Å². The van der Waals surface area contributed by atoms with E-state index in [1.165, 1.54) is 16.8 Å². The summed E-state index contributed by atoms with van der Waals surface area (Å²) in [4.78, 5) is 29.4. The summed E-state index contributed by atoms with van der Waals surface area (Å²) in [5.74, 6) is 0.546. The summed E-state index contributed by atoms with van der Waals surface area (Å²) in [6, 6.07) is 7.43. The summed E-state index contributed by atoms with van der Waals surface area (Å²) in [5.41, 5.74) is 2.36. The second-order valence-corrected chi connectivity index (χ2v) is 12.1. The number of carbonyl (C=O) groups is 1. The number of alkyl halides is 3. The molecule has 41 heavy (non-hydrogen) atoms. The molecule has 2 aliphatic heterocycles. The van der Waals surface area contributed by atoms with E-state index in [-0.39, 0.29) is 11.9 Å². The Hall–Kier alpha value is -3.08. The number of urea groups is 1. The number of aryl methyl sites for hydroxylation is 1. The van der Waals surface area contributed by atoms with Crippen LogP contribution in [0.1, 0.15) is 56.3 Å². The first kappa shape index (κ1) is 30.9. The first-order valence-corrected chi connectivity index (χ1v) is 14.6. The minimum Gasteiger partial charge on any atom is -0.368 e. The number of hydrogen-bond acceptors (Lipinski definition) is 6. The fraction of sp³-hybridized carbons (Fsp3) is 0.633. The maximum atomic E-state index is 13.5. The molecule has 0 unspecified atom stereocenters. The highest BCUT2D eigenvalue weighted by atomic mass is 19.4. The summed E-state index contributed by atoms with van der Waals surface area (Å²) < 4.78 is 40.4. The lowest BCUT2D eigenvalue weighted by molar-refractivity contribution is -0.141. The van der Waals surface area contributed by atoms with Crippen molar-refractivity contribution < 1.29 is 18.0 Å². The summed E-state index contributed by atoms with van der Waals surface area (Å²) >= 11 is 0. The Labute approximate surface area is 241 Å². The number of hydrogen-bond donors (Lipinski definition) is 1. The molecule has 8 nitrogen and oxygen atoms in total. The van der Waals surface area contributed by atoms with E-state index >= 15 is 0 Å². The van der Waals surface area contributed by atoms with Gasteiger partial charge in [-0.1, -0.05) is 32.9 Å². The third-order valence-electron chi connectivity index (χ3n) is 8.03. The van der Waals surface area contributed by atoms with Crippen LogP contribution in [-0.4, -0.2) is 91.2 Å². The quantitative estimate of drug-likeness (QED) is 0.477. The predicted molar refractivity (Wildman–Crippen MR) is 157 cm³/mol. The van der Waals surface area contributed by atoms with Gasteiger partial charge in [0.1, 0.15) is 17.3 Å². The molecule has 0 aliphatic carbocycles. The number of aromatic nitrogens is 2. The molecule has 2 amide bonds. The Morgan fingerprint density at radius 3 is 2.20 bits per heavy atom. The lowest BCUT2D eigenvalue weighted by atomic mass is 9.95. The number of nitrogens with zero attached hydrogens (tertiary/aromatic N) is 6. The molecule has 0 bridgehead atoms. The number of rotatable bonds is 7. The highest BCUT2D eigenvalue weighted by molar-refractivity contribution is 5.74. The Kier molecular flexibility index (Phi) is 9.66. The number of unbranched alkanes of at least 4 members (excludes halogenated alkanes) is 1. The van der Waals surface area contributed by atoms with Gasteiger partial charge in [-0.15, -0.1) is 0 Å². The van der Waals surface area contributed by atoms with Crippen molar-refractivity contribution >= 4 is 17.5 Å². The van der Waals surface area contributed by atoms with E-state index in [4.69, 9.17) is 0 Å². The third-order valence-corrected chi connectivity index (χ3v) is 8.03. The molecule has 2 fully saturated rings. The number of carbonyl (C=O) groups excluding carboxylic acids is 1. The standard InChI is InChI=1S/C30H44F3N7O/c1-22-9-8-10-24(23(22)2)38-17-19-40(20-18-38)28(41)34-11-6-7-12-37-13-15-39(16-14-37)26-21-25(30(31,32)33)35-27(36-26)29(3,4)5/h8-10,21H,6-7,11-20H2,1-5H3,(H,34,41). The van der Waals surface area contributed by atoms with Crippen molar-refractivity contribution in [3.05, 3.63) is 46.9 Å². The Bertz CT molecular complexity index is 1150. The second kappa shape index (κ2) is 12.8. The number of piperazine rings is 2. The van der Waals surface area contributed by atoms with Gasteiger partial charge in [0.25, 0.3) is 0 Å². The first-order chi connectivity index (χ1) is 19.3. The molecule has 1 aromatic carbocycles. The van der Waals surface area contributed by atoms with E-state index in [0.717, 1.165) is 51.6 Å². The molecule has 2 aliphatic rings. The number of nitrogens with one attached hydrogen (secondary N) is 1. The highest BCUT2D eigenvalue weighted by Gasteiger charge is 2.36. The van der Waals surface area contributed by atoms with Gasteiger partial charge < -0.3 is 20.0 Å². The molecule has 0 spiro atoms. The van der Waals surface area contributed by atoms with Crippen LogP contribution in [0.2, 0.25) is 0 Å². The molecule has 4 rings (SSSR count). The van der Waals surface area contributed by atoms with Gasteiger partial charge in [-0.2, -0.15) is 13.2 Å². The zero-order valence-corrected chi connectivity index (χ0v) is 25.0. The number of anilines is 2. The fourth-order valence-corrected chi connectivity index (χ4v) is 5.27. The zero-order chi connectivity index (χ0) is 29.8. The molecule has 0 radical (unpaired) electrons. The van der Waals surface area contributed by atoms with Crippen LogP contribution >= 0.6 is 0 Å². The van der Waals surface area contributed by atoms with Crippen molar-refractivity contribution in [3.8, 4) is 0 Å². The predicted octanol–water partition coefficient (Wildman–Crippen LogP) is 4.84. The number of amides is 2. The van der Waals surface area contributed by atoms with Crippen LogP contribution in [0.5, 0.6) is 0 Å². The SMILES string of the molecule is Cc1cccc(N2CCN(C(=O)NCCCCN3CCN(c4cc(C(F)(F)F)nc(C(C)(C)C)n4)CC3)CC2)c1C. The van der Waals surface area contributed by atoms with Gasteiger partial charge in [-0.3, -0.25) is 4.90 Å². The highest BCUT2D eigenvalue weighted by Crippen LogP contribution is 2.32. The molecule has 0 saturated carbocycles. The summed E-state index contributed by atoms with van der Waals surface area (Å²) in [5, 5.41) is 3.06. The van der Waals surface area contributed by atoms with Gasteiger partial charge >= 0.3 is 12.2 Å². The average molecular weight is 576 g/mol. The van der Waals surface area contributed by atoms with Crippen LogP contribution in [0.4, 0.5) is 29.5 Å². The van der Waals surface area contributed by atoms with Crippen molar-refractivity contribution in [3.63, 3.8) is 0 Å². The topological polar surface area (TPSA) is 67.8 Å². The van der Waals surface area contributed by atoms with Gasteiger partial charge in [0.15, 0.2) is 0 Å². The van der Waals surface area contributed by atoms with Gasteiger partial charge in [0, 0.05) is 76.1 Å². The smallest absolute Gasteiger partial charge is 0.368 e. The van der Waals surface area contributed by atoms with Crippen LogP contribution in [0, 0.1) is 13.8 Å². The lowest BCUT2D eigenvalue weighted by Gasteiger charge is -2.37. The Balaban J connectivity index is 1.15. The third kappa shape index (κ3) is 8.02. The summed E-state index contributed by atoms with van der Waals surface area (Å²) in [6.07, 6.45) is -2.69. The fourth-order valence-electron chi connectivity index (χ4n) is 5.27.